The molecule has 1 unspecified atom stereocenters. The van der Waals surface area contributed by atoms with Gasteiger partial charge in [0.25, 0.3) is 11.8 Å². The molecular formula is C40H47N11O4. The Hall–Kier alpha value is -5.57. The first-order valence-electron chi connectivity index (χ1n) is 19.5. The maximum atomic E-state index is 13.4. The lowest BCUT2D eigenvalue weighted by Crippen LogP contribution is -2.57. The average molecular weight is 746 g/mol. The Morgan fingerprint density at radius 2 is 1.75 bits per heavy atom. The number of pyridine rings is 1. The molecule has 3 saturated heterocycles. The van der Waals surface area contributed by atoms with Crippen LogP contribution in [0.4, 0.5) is 23.1 Å². The molecule has 4 aromatic rings. The van der Waals surface area contributed by atoms with Crippen molar-refractivity contribution in [2.24, 2.45) is 0 Å². The number of carbonyl (C=O) groups is 4. The zero-order valence-electron chi connectivity index (χ0n) is 31.4. The third-order valence-corrected chi connectivity index (χ3v) is 12.1. The van der Waals surface area contributed by atoms with Crippen molar-refractivity contribution in [2.45, 2.75) is 69.6 Å². The molecular weight excluding hydrogens is 699 g/mol. The minimum absolute atomic E-state index is 0.0297. The van der Waals surface area contributed by atoms with E-state index in [0.29, 0.717) is 42.0 Å². The van der Waals surface area contributed by atoms with Crippen LogP contribution in [-0.4, -0.2) is 123 Å². The maximum Gasteiger partial charge on any atom is 0.270 e. The Kier molecular flexibility index (Phi) is 9.11. The largest absolute Gasteiger partial charge is 0.368 e. The molecule has 2 N–H and O–H groups in total. The summed E-state index contributed by atoms with van der Waals surface area (Å²) in [6.07, 6.45) is 9.74. The number of nitrogens with one attached hydrogen (secondary N) is 2. The van der Waals surface area contributed by atoms with E-state index in [1.165, 1.54) is 0 Å². The number of piperidine rings is 1. The molecule has 286 valence electrons. The van der Waals surface area contributed by atoms with E-state index in [4.69, 9.17) is 9.97 Å². The Morgan fingerprint density at radius 1 is 0.927 bits per heavy atom. The van der Waals surface area contributed by atoms with E-state index in [-0.39, 0.29) is 36.1 Å². The summed E-state index contributed by atoms with van der Waals surface area (Å²) >= 11 is 0. The van der Waals surface area contributed by atoms with Crippen LogP contribution in [0.3, 0.4) is 0 Å². The van der Waals surface area contributed by atoms with E-state index in [9.17, 15) is 19.2 Å². The third-order valence-electron chi connectivity index (χ3n) is 12.1. The van der Waals surface area contributed by atoms with Crippen LogP contribution in [0.2, 0.25) is 0 Å². The van der Waals surface area contributed by atoms with Gasteiger partial charge >= 0.3 is 0 Å². The molecule has 7 heterocycles. The van der Waals surface area contributed by atoms with Gasteiger partial charge in [-0.25, -0.2) is 9.97 Å². The van der Waals surface area contributed by atoms with Crippen molar-refractivity contribution in [1.82, 2.24) is 39.5 Å². The lowest BCUT2D eigenvalue weighted by molar-refractivity contribution is -0.136. The first-order valence-corrected chi connectivity index (χ1v) is 19.5. The number of benzene rings is 1. The van der Waals surface area contributed by atoms with Gasteiger partial charge < -0.3 is 29.5 Å². The van der Waals surface area contributed by atoms with Gasteiger partial charge in [0.15, 0.2) is 0 Å². The number of anilines is 4. The highest BCUT2D eigenvalue weighted by molar-refractivity contribution is 6.06. The minimum Gasteiger partial charge on any atom is -0.368 e. The molecule has 1 aliphatic carbocycles. The van der Waals surface area contributed by atoms with E-state index in [1.54, 1.807) is 30.1 Å². The van der Waals surface area contributed by atoms with Gasteiger partial charge in [0, 0.05) is 107 Å². The van der Waals surface area contributed by atoms with E-state index < -0.39 is 6.04 Å². The molecule has 55 heavy (non-hydrogen) atoms. The molecule has 4 fully saturated rings. The highest BCUT2D eigenvalue weighted by Gasteiger charge is 2.42. The SMILES string of the molecule is CN(C)C(=O)c1cc2cnc(Nc3ccc(N4CCN(C[C@@H]5CCN5c5cccc6c5CN(C5CCC(=O)NC5=O)C6=O)CC4)cn3)nc2n1C1CCCC1. The fourth-order valence-corrected chi connectivity index (χ4v) is 9.03. The second-order valence-electron chi connectivity index (χ2n) is 15.7. The molecule has 4 aliphatic heterocycles. The predicted molar refractivity (Wildman–Crippen MR) is 207 cm³/mol. The minimum atomic E-state index is -0.615. The topological polar surface area (TPSA) is 152 Å². The molecule has 5 aliphatic rings. The van der Waals surface area contributed by atoms with Gasteiger partial charge in [-0.15, -0.1) is 0 Å². The summed E-state index contributed by atoms with van der Waals surface area (Å²) in [5.74, 6) is 0.282. The van der Waals surface area contributed by atoms with Gasteiger partial charge in [-0.05, 0) is 56.0 Å². The Labute approximate surface area is 319 Å². The van der Waals surface area contributed by atoms with Crippen molar-refractivity contribution in [3.63, 3.8) is 0 Å². The molecule has 3 aromatic heterocycles. The number of carbonyl (C=O) groups excluding carboxylic acids is 4. The standard InChI is InChI=1S/C40H47N11O4/c1-46(2)39(55)33-20-25-21-42-40(45-36(25)51(33)26-6-3-4-7-26)43-34-12-10-27(22-41-34)48-18-16-47(17-19-48)23-28-14-15-49(28)31-9-5-8-29-30(31)24-50(38(29)54)32-11-13-35(52)44-37(32)53/h5,8-10,12,20-22,26,28,32H,3-4,6-7,11,13-19,23-24H2,1-2H3,(H,44,52,53)(H,41,42,43,45)/t28-,32?/m0/s1. The number of piperazine rings is 1. The van der Waals surface area contributed by atoms with Gasteiger partial charge in [0.2, 0.25) is 17.8 Å². The second kappa shape index (κ2) is 14.3. The van der Waals surface area contributed by atoms with Gasteiger partial charge in [0.1, 0.15) is 23.2 Å². The molecule has 0 radical (unpaired) electrons. The van der Waals surface area contributed by atoms with E-state index >= 15 is 0 Å². The van der Waals surface area contributed by atoms with Crippen molar-refractivity contribution >= 4 is 57.8 Å². The zero-order valence-corrected chi connectivity index (χ0v) is 31.4. The van der Waals surface area contributed by atoms with Crippen molar-refractivity contribution in [1.29, 1.82) is 0 Å². The Bertz CT molecular complexity index is 2150. The molecule has 1 saturated carbocycles. The second-order valence-corrected chi connectivity index (χ2v) is 15.7. The summed E-state index contributed by atoms with van der Waals surface area (Å²) in [5, 5.41) is 6.53. The van der Waals surface area contributed by atoms with Gasteiger partial charge in [-0.3, -0.25) is 29.4 Å². The van der Waals surface area contributed by atoms with Crippen LogP contribution in [0, 0.1) is 0 Å². The number of aromatic nitrogens is 4. The predicted octanol–water partition coefficient (Wildman–Crippen LogP) is 3.55. The lowest BCUT2D eigenvalue weighted by atomic mass is 9.97. The number of fused-ring (bicyclic) bond motifs is 2. The quantitative estimate of drug-likeness (QED) is 0.242. The van der Waals surface area contributed by atoms with Crippen LogP contribution in [0.5, 0.6) is 0 Å². The zero-order chi connectivity index (χ0) is 37.8. The number of rotatable bonds is 9. The summed E-state index contributed by atoms with van der Waals surface area (Å²) < 4.78 is 2.12. The Balaban J connectivity index is 0.810. The van der Waals surface area contributed by atoms with Crippen molar-refractivity contribution in [3.8, 4) is 0 Å². The molecule has 4 amide bonds. The molecule has 2 atom stereocenters. The molecule has 15 nitrogen and oxygen atoms in total. The van der Waals surface area contributed by atoms with Gasteiger partial charge in [0.05, 0.1) is 11.9 Å². The number of hydrogen-bond donors (Lipinski definition) is 2. The van der Waals surface area contributed by atoms with E-state index in [0.717, 1.165) is 99.3 Å². The summed E-state index contributed by atoms with van der Waals surface area (Å²) in [7, 11) is 3.56. The van der Waals surface area contributed by atoms with Crippen LogP contribution in [0.25, 0.3) is 11.0 Å². The van der Waals surface area contributed by atoms with Crippen LogP contribution in [-0.2, 0) is 16.1 Å². The fraction of sp³-hybridized carbons (Fsp3) is 0.475. The normalized spacial score (nSPS) is 21.9. The summed E-state index contributed by atoms with van der Waals surface area (Å²) in [6, 6.07) is 11.8. The lowest BCUT2D eigenvalue weighted by Gasteiger charge is -2.47. The van der Waals surface area contributed by atoms with Gasteiger partial charge in [-0.2, -0.15) is 4.98 Å². The Morgan fingerprint density at radius 3 is 2.45 bits per heavy atom. The number of amides is 4. The maximum absolute atomic E-state index is 13.4. The van der Waals surface area contributed by atoms with Crippen molar-refractivity contribution in [2.75, 3.05) is 68.5 Å². The highest BCUT2D eigenvalue weighted by Crippen LogP contribution is 2.38. The molecule has 0 spiro atoms. The molecule has 0 bridgehead atoms. The number of nitrogens with zero attached hydrogens (tertiary/aromatic N) is 9. The van der Waals surface area contributed by atoms with Crippen molar-refractivity contribution < 1.29 is 19.2 Å². The monoisotopic (exact) mass is 745 g/mol. The van der Waals surface area contributed by atoms with Crippen LogP contribution in [0.15, 0.2) is 48.8 Å². The molecule has 9 rings (SSSR count). The summed E-state index contributed by atoms with van der Waals surface area (Å²) in [4.78, 5) is 75.5. The smallest absolute Gasteiger partial charge is 0.270 e. The first-order chi connectivity index (χ1) is 26.7. The van der Waals surface area contributed by atoms with E-state index in [2.05, 4.69) is 47.0 Å². The van der Waals surface area contributed by atoms with Crippen LogP contribution < -0.4 is 20.4 Å². The first kappa shape index (κ1) is 35.2. The molecule has 1 aromatic carbocycles. The van der Waals surface area contributed by atoms with Crippen molar-refractivity contribution in [3.05, 3.63) is 65.6 Å². The number of imide groups is 1. The summed E-state index contributed by atoms with van der Waals surface area (Å²) in [5.41, 5.74) is 5.21. The van der Waals surface area contributed by atoms with E-state index in [1.807, 2.05) is 30.5 Å². The fourth-order valence-electron chi connectivity index (χ4n) is 9.03. The summed E-state index contributed by atoms with van der Waals surface area (Å²) in [6.45, 7) is 5.92. The van der Waals surface area contributed by atoms with Gasteiger partial charge in [-0.1, -0.05) is 18.9 Å². The number of hydrogen-bond acceptors (Lipinski definition) is 11. The average Bonchev–Trinajstić information content (AvgIpc) is 3.92. The third kappa shape index (κ3) is 6.53. The van der Waals surface area contributed by atoms with Crippen LogP contribution >= 0.6 is 0 Å². The van der Waals surface area contributed by atoms with Crippen LogP contribution in [0.1, 0.15) is 77.4 Å². The highest BCUT2D eigenvalue weighted by atomic mass is 16.2. The molecule has 15 heteroatoms.